The van der Waals surface area contributed by atoms with Gasteiger partial charge in [0.2, 0.25) is 10.0 Å². The van der Waals surface area contributed by atoms with Crippen LogP contribution in [0.15, 0.2) is 36.9 Å². The van der Waals surface area contributed by atoms with Gasteiger partial charge in [-0.05, 0) is 30.9 Å². The second-order valence-corrected chi connectivity index (χ2v) is 6.05. The van der Waals surface area contributed by atoms with E-state index in [1.165, 1.54) is 10.6 Å². The lowest BCUT2D eigenvalue weighted by molar-refractivity contribution is 0.600. The highest BCUT2D eigenvalue weighted by molar-refractivity contribution is 7.92. The van der Waals surface area contributed by atoms with Gasteiger partial charge in [-0.25, -0.2) is 8.42 Å². The first-order chi connectivity index (χ1) is 7.96. The van der Waals surface area contributed by atoms with Crippen LogP contribution in [0.25, 0.3) is 0 Å². The Kier molecular flexibility index (Phi) is 4.75. The Labute approximate surface area is 104 Å². The highest BCUT2D eigenvalue weighted by Gasteiger charge is 2.14. The first-order valence-electron chi connectivity index (χ1n) is 5.59. The molecule has 0 unspecified atom stereocenters. The van der Waals surface area contributed by atoms with E-state index in [2.05, 4.69) is 6.58 Å². The largest absolute Gasteiger partial charge is 0.273 e. The zero-order valence-electron chi connectivity index (χ0n) is 10.4. The quantitative estimate of drug-likeness (QED) is 0.577. The minimum absolute atomic E-state index is 0.763. The second kappa shape index (κ2) is 5.87. The van der Waals surface area contributed by atoms with Gasteiger partial charge in [-0.2, -0.15) is 0 Å². The predicted octanol–water partition coefficient (Wildman–Crippen LogP) is 2.59. The summed E-state index contributed by atoms with van der Waals surface area (Å²) in [5.41, 5.74) is 1.82. The summed E-state index contributed by atoms with van der Waals surface area (Å²) in [6.45, 7) is 3.68. The third-order valence-corrected chi connectivity index (χ3v) is 3.87. The number of benzene rings is 1. The first-order valence-corrected chi connectivity index (χ1v) is 7.44. The van der Waals surface area contributed by atoms with Crippen molar-refractivity contribution in [1.29, 1.82) is 0 Å². The molecule has 0 fully saturated rings. The fourth-order valence-electron chi connectivity index (χ4n) is 1.64. The summed E-state index contributed by atoms with van der Waals surface area (Å²) in [5, 5.41) is 0. The SMILES string of the molecule is C=CCCCc1ccccc1N(C)S(C)(=O)=O. The summed E-state index contributed by atoms with van der Waals surface area (Å²) in [6, 6.07) is 7.60. The van der Waals surface area contributed by atoms with Crippen molar-refractivity contribution in [3.8, 4) is 0 Å². The van der Waals surface area contributed by atoms with Crippen molar-refractivity contribution in [3.63, 3.8) is 0 Å². The molecule has 0 aromatic heterocycles. The van der Waals surface area contributed by atoms with Crippen LogP contribution in [0.4, 0.5) is 5.69 Å². The monoisotopic (exact) mass is 253 g/mol. The van der Waals surface area contributed by atoms with Crippen molar-refractivity contribution < 1.29 is 8.42 Å². The van der Waals surface area contributed by atoms with Crippen LogP contribution in [0, 0.1) is 0 Å². The Morgan fingerprint density at radius 1 is 1.35 bits per heavy atom. The Balaban J connectivity index is 2.95. The molecule has 0 atom stereocenters. The maximum atomic E-state index is 11.5. The van der Waals surface area contributed by atoms with E-state index in [1.807, 2.05) is 30.3 Å². The first kappa shape index (κ1) is 13.8. The minimum Gasteiger partial charge on any atom is -0.273 e. The normalized spacial score (nSPS) is 11.2. The fraction of sp³-hybridized carbons (Fsp3) is 0.385. The molecule has 1 rings (SSSR count). The minimum atomic E-state index is -3.20. The van der Waals surface area contributed by atoms with Crippen molar-refractivity contribution in [1.82, 2.24) is 0 Å². The number of hydrogen-bond acceptors (Lipinski definition) is 2. The van der Waals surface area contributed by atoms with Crippen LogP contribution in [0.1, 0.15) is 18.4 Å². The van der Waals surface area contributed by atoms with E-state index in [4.69, 9.17) is 0 Å². The lowest BCUT2D eigenvalue weighted by Crippen LogP contribution is -2.25. The molecule has 0 saturated carbocycles. The van der Waals surface area contributed by atoms with E-state index in [0.29, 0.717) is 0 Å². The summed E-state index contributed by atoms with van der Waals surface area (Å²) >= 11 is 0. The van der Waals surface area contributed by atoms with E-state index in [9.17, 15) is 8.42 Å². The second-order valence-electron chi connectivity index (χ2n) is 4.04. The van der Waals surface area contributed by atoms with Crippen molar-refractivity contribution in [2.45, 2.75) is 19.3 Å². The zero-order valence-corrected chi connectivity index (χ0v) is 11.2. The molecule has 17 heavy (non-hydrogen) atoms. The molecule has 1 aromatic carbocycles. The number of aryl methyl sites for hydroxylation is 1. The summed E-state index contributed by atoms with van der Waals surface area (Å²) in [5.74, 6) is 0. The highest BCUT2D eigenvalue weighted by atomic mass is 32.2. The van der Waals surface area contributed by atoms with Crippen molar-refractivity contribution in [2.75, 3.05) is 17.6 Å². The molecule has 3 nitrogen and oxygen atoms in total. The van der Waals surface area contributed by atoms with Crippen LogP contribution in [0.3, 0.4) is 0 Å². The lowest BCUT2D eigenvalue weighted by Gasteiger charge is -2.20. The molecule has 0 spiro atoms. The highest BCUT2D eigenvalue weighted by Crippen LogP contribution is 2.22. The number of unbranched alkanes of at least 4 members (excludes halogenated alkanes) is 1. The summed E-state index contributed by atoms with van der Waals surface area (Å²) in [7, 11) is -1.61. The van der Waals surface area contributed by atoms with Crippen molar-refractivity contribution in [3.05, 3.63) is 42.5 Å². The van der Waals surface area contributed by atoms with E-state index < -0.39 is 10.0 Å². The zero-order chi connectivity index (χ0) is 12.9. The van der Waals surface area contributed by atoms with Crippen LogP contribution < -0.4 is 4.31 Å². The van der Waals surface area contributed by atoms with Gasteiger partial charge >= 0.3 is 0 Å². The smallest absolute Gasteiger partial charge is 0.232 e. The van der Waals surface area contributed by atoms with Gasteiger partial charge in [0.05, 0.1) is 11.9 Å². The molecule has 94 valence electrons. The van der Waals surface area contributed by atoms with Gasteiger partial charge in [0.1, 0.15) is 0 Å². The number of rotatable bonds is 6. The van der Waals surface area contributed by atoms with E-state index >= 15 is 0 Å². The average molecular weight is 253 g/mol. The van der Waals surface area contributed by atoms with Crippen LogP contribution >= 0.6 is 0 Å². The van der Waals surface area contributed by atoms with Crippen LogP contribution in [0.5, 0.6) is 0 Å². The molecule has 1 aromatic rings. The van der Waals surface area contributed by atoms with Gasteiger partial charge in [-0.1, -0.05) is 24.3 Å². The molecule has 0 heterocycles. The Bertz CT molecular complexity index is 480. The molecule has 0 radical (unpaired) electrons. The summed E-state index contributed by atoms with van der Waals surface area (Å²) < 4.78 is 24.4. The van der Waals surface area contributed by atoms with Crippen LogP contribution in [-0.2, 0) is 16.4 Å². The topological polar surface area (TPSA) is 37.4 Å². The molecule has 0 N–H and O–H groups in total. The molecule has 0 bridgehead atoms. The third kappa shape index (κ3) is 3.89. The predicted molar refractivity (Wildman–Crippen MR) is 72.8 cm³/mol. The van der Waals surface area contributed by atoms with Gasteiger partial charge in [0.25, 0.3) is 0 Å². The standard InChI is InChI=1S/C13H19NO2S/c1-4-5-6-9-12-10-7-8-11-13(12)14(2)17(3,15)16/h4,7-8,10-11H,1,5-6,9H2,2-3H3. The van der Waals surface area contributed by atoms with E-state index in [0.717, 1.165) is 30.5 Å². The molecule has 0 aliphatic carbocycles. The van der Waals surface area contributed by atoms with Gasteiger partial charge < -0.3 is 0 Å². The van der Waals surface area contributed by atoms with Gasteiger partial charge in [0, 0.05) is 7.05 Å². The van der Waals surface area contributed by atoms with Crippen molar-refractivity contribution in [2.24, 2.45) is 0 Å². The molecular formula is C13H19NO2S. The maximum Gasteiger partial charge on any atom is 0.232 e. The molecule has 0 aliphatic heterocycles. The summed E-state index contributed by atoms with van der Waals surface area (Å²) in [4.78, 5) is 0. The Morgan fingerprint density at radius 3 is 2.59 bits per heavy atom. The van der Waals surface area contributed by atoms with Crippen LogP contribution in [0.2, 0.25) is 0 Å². The third-order valence-electron chi connectivity index (χ3n) is 2.68. The van der Waals surface area contributed by atoms with Gasteiger partial charge in [-0.3, -0.25) is 4.31 Å². The Hall–Kier alpha value is -1.29. The van der Waals surface area contributed by atoms with Gasteiger partial charge in [0.15, 0.2) is 0 Å². The lowest BCUT2D eigenvalue weighted by atomic mass is 10.1. The van der Waals surface area contributed by atoms with Gasteiger partial charge in [-0.15, -0.1) is 6.58 Å². The molecular weight excluding hydrogens is 234 g/mol. The number of anilines is 1. The van der Waals surface area contributed by atoms with Crippen molar-refractivity contribution >= 4 is 15.7 Å². The van der Waals surface area contributed by atoms with E-state index in [-0.39, 0.29) is 0 Å². The maximum absolute atomic E-state index is 11.5. The average Bonchev–Trinajstić information content (AvgIpc) is 2.28. The molecule has 4 heteroatoms. The fourth-order valence-corrected chi connectivity index (χ4v) is 2.18. The number of nitrogens with zero attached hydrogens (tertiary/aromatic N) is 1. The van der Waals surface area contributed by atoms with E-state index in [1.54, 1.807) is 7.05 Å². The van der Waals surface area contributed by atoms with Crippen LogP contribution in [-0.4, -0.2) is 21.7 Å². The molecule has 0 aliphatic rings. The molecule has 0 saturated heterocycles. The summed E-state index contributed by atoms with van der Waals surface area (Å²) in [6.07, 6.45) is 5.88. The number of allylic oxidation sites excluding steroid dienone is 1. The Morgan fingerprint density at radius 2 is 2.00 bits per heavy atom. The molecule has 0 amide bonds. The number of hydrogen-bond donors (Lipinski definition) is 0. The number of sulfonamides is 1. The number of para-hydroxylation sites is 1.